The van der Waals surface area contributed by atoms with Gasteiger partial charge >= 0.3 is 0 Å². The number of aryl methyl sites for hydroxylation is 1. The lowest BCUT2D eigenvalue weighted by atomic mass is 9.86. The van der Waals surface area contributed by atoms with Crippen LogP contribution in [0.15, 0.2) is 11.1 Å². The van der Waals surface area contributed by atoms with Gasteiger partial charge in [0, 0.05) is 10.9 Å². The van der Waals surface area contributed by atoms with Gasteiger partial charge in [-0.05, 0) is 49.5 Å². The molecule has 1 N–H and O–H groups in total. The van der Waals surface area contributed by atoms with E-state index in [2.05, 4.69) is 24.1 Å². The molecule has 1 fully saturated rings. The Labute approximate surface area is 157 Å². The second-order valence-corrected chi connectivity index (χ2v) is 9.23. The number of carbonyl (C=O) groups is 1. The van der Waals surface area contributed by atoms with Crippen LogP contribution in [0.1, 0.15) is 56.4 Å². The lowest BCUT2D eigenvalue weighted by Gasteiger charge is -2.29. The average molecular weight is 374 g/mol. The quantitative estimate of drug-likeness (QED) is 0.898. The number of nitrogens with one attached hydrogen (secondary N) is 1. The molecule has 4 rings (SSSR count). The summed E-state index contributed by atoms with van der Waals surface area (Å²) >= 11 is 1.65. The van der Waals surface area contributed by atoms with Crippen LogP contribution >= 0.6 is 11.3 Å². The molecule has 0 aliphatic heterocycles. The summed E-state index contributed by atoms with van der Waals surface area (Å²) in [5, 5.41) is 3.88. The van der Waals surface area contributed by atoms with Gasteiger partial charge in [0.2, 0.25) is 5.91 Å². The minimum atomic E-state index is -0.0790. The van der Waals surface area contributed by atoms with E-state index in [9.17, 15) is 9.59 Å². The number of hydrogen-bond acceptors (Lipinski definition) is 4. The molecule has 5 nitrogen and oxygen atoms in total. The lowest BCUT2D eigenvalue weighted by molar-refractivity contribution is -0.123. The smallest absolute Gasteiger partial charge is 0.262 e. The molecule has 2 aromatic heterocycles. The lowest BCUT2D eigenvalue weighted by Crippen LogP contribution is -2.43. The molecule has 0 bridgehead atoms. The fraction of sp³-hybridized carbons (Fsp3) is 0.650. The van der Waals surface area contributed by atoms with Crippen LogP contribution < -0.4 is 10.9 Å². The zero-order chi connectivity index (χ0) is 18.3. The highest BCUT2D eigenvalue weighted by atomic mass is 32.1. The van der Waals surface area contributed by atoms with Gasteiger partial charge in [-0.15, -0.1) is 11.3 Å². The van der Waals surface area contributed by atoms with Gasteiger partial charge in [0.05, 0.1) is 11.7 Å². The first-order chi connectivity index (χ1) is 12.5. The van der Waals surface area contributed by atoms with Crippen molar-refractivity contribution in [3.63, 3.8) is 0 Å². The SMILES string of the molecule is C[C@@H]1CCc2c(sc3ncn(CC(=O)N[C@H]4CCCC[C@@H]4C)c(=O)c23)C1. The number of thiophene rings is 1. The summed E-state index contributed by atoms with van der Waals surface area (Å²) in [5.74, 6) is 1.10. The van der Waals surface area contributed by atoms with Crippen molar-refractivity contribution in [1.82, 2.24) is 14.9 Å². The highest BCUT2D eigenvalue weighted by Crippen LogP contribution is 2.35. The highest BCUT2D eigenvalue weighted by Gasteiger charge is 2.25. The van der Waals surface area contributed by atoms with Crippen molar-refractivity contribution in [2.45, 2.75) is 71.4 Å². The van der Waals surface area contributed by atoms with Crippen molar-refractivity contribution >= 4 is 27.5 Å². The van der Waals surface area contributed by atoms with Crippen molar-refractivity contribution in [1.29, 1.82) is 0 Å². The number of amides is 1. The average Bonchev–Trinajstić information content (AvgIpc) is 2.97. The minimum absolute atomic E-state index is 0.0612. The van der Waals surface area contributed by atoms with Crippen molar-refractivity contribution in [2.24, 2.45) is 11.8 Å². The molecule has 2 aromatic rings. The number of rotatable bonds is 3. The summed E-state index contributed by atoms with van der Waals surface area (Å²) in [6.45, 7) is 4.52. The maximum Gasteiger partial charge on any atom is 0.262 e. The Morgan fingerprint density at radius 2 is 2.12 bits per heavy atom. The first-order valence-electron chi connectivity index (χ1n) is 9.82. The Hall–Kier alpha value is -1.69. The van der Waals surface area contributed by atoms with E-state index in [0.29, 0.717) is 11.8 Å². The summed E-state index contributed by atoms with van der Waals surface area (Å²) in [5.41, 5.74) is 1.12. The molecule has 0 radical (unpaired) electrons. The standard InChI is InChI=1S/C20H27N3O2S/c1-12-7-8-14-16(9-12)26-19-18(14)20(25)23(11-21-19)10-17(24)22-15-6-4-3-5-13(15)2/h11-13,15H,3-10H2,1-2H3,(H,22,24)/t12-,13+,15+/m1/s1. The Kier molecular flexibility index (Phi) is 4.86. The third-order valence-electron chi connectivity index (χ3n) is 6.05. The van der Waals surface area contributed by atoms with E-state index in [4.69, 9.17) is 0 Å². The van der Waals surface area contributed by atoms with Crippen LogP contribution in [0, 0.1) is 11.8 Å². The van der Waals surface area contributed by atoms with Crippen LogP contribution in [0.4, 0.5) is 0 Å². The molecule has 6 heteroatoms. The fourth-order valence-electron chi connectivity index (χ4n) is 4.42. The van der Waals surface area contributed by atoms with Gasteiger partial charge in [-0.1, -0.05) is 26.7 Å². The maximum atomic E-state index is 13.0. The van der Waals surface area contributed by atoms with E-state index in [0.717, 1.165) is 42.3 Å². The summed E-state index contributed by atoms with van der Waals surface area (Å²) < 4.78 is 1.48. The minimum Gasteiger partial charge on any atom is -0.352 e. The number of hydrogen-bond donors (Lipinski definition) is 1. The Morgan fingerprint density at radius 3 is 2.92 bits per heavy atom. The summed E-state index contributed by atoms with van der Waals surface area (Å²) in [6, 6.07) is 0.235. The number of nitrogens with zero attached hydrogens (tertiary/aromatic N) is 2. The fourth-order valence-corrected chi connectivity index (χ4v) is 5.76. The van der Waals surface area contributed by atoms with Crippen LogP contribution in [-0.4, -0.2) is 21.5 Å². The normalized spacial score (nSPS) is 25.8. The second kappa shape index (κ2) is 7.14. The molecule has 1 amide bonds. The largest absolute Gasteiger partial charge is 0.352 e. The third kappa shape index (κ3) is 3.31. The molecule has 0 aromatic carbocycles. The van der Waals surface area contributed by atoms with E-state index in [-0.39, 0.29) is 24.1 Å². The van der Waals surface area contributed by atoms with E-state index in [1.807, 2.05) is 0 Å². The van der Waals surface area contributed by atoms with Gasteiger partial charge in [0.15, 0.2) is 0 Å². The highest BCUT2D eigenvalue weighted by molar-refractivity contribution is 7.18. The molecule has 2 aliphatic carbocycles. The van der Waals surface area contributed by atoms with Crippen LogP contribution in [0.5, 0.6) is 0 Å². The van der Waals surface area contributed by atoms with Crippen molar-refractivity contribution in [3.8, 4) is 0 Å². The van der Waals surface area contributed by atoms with Crippen molar-refractivity contribution in [2.75, 3.05) is 0 Å². The number of carbonyl (C=O) groups excluding carboxylic acids is 1. The molecule has 3 atom stereocenters. The zero-order valence-corrected chi connectivity index (χ0v) is 16.4. The molecular formula is C20H27N3O2S. The van der Waals surface area contributed by atoms with Gasteiger partial charge in [0.25, 0.3) is 5.56 Å². The molecule has 2 aliphatic rings. The van der Waals surface area contributed by atoms with E-state index < -0.39 is 0 Å². The molecule has 0 saturated heterocycles. The predicted molar refractivity (Wildman–Crippen MR) is 105 cm³/mol. The summed E-state index contributed by atoms with van der Waals surface area (Å²) in [4.78, 5) is 32.1. The molecule has 140 valence electrons. The molecule has 0 spiro atoms. The molecule has 26 heavy (non-hydrogen) atoms. The molecule has 0 unspecified atom stereocenters. The van der Waals surface area contributed by atoms with Gasteiger partial charge < -0.3 is 5.32 Å². The van der Waals surface area contributed by atoms with Crippen molar-refractivity contribution < 1.29 is 4.79 Å². The van der Waals surface area contributed by atoms with Gasteiger partial charge in [-0.2, -0.15) is 0 Å². The molecule has 2 heterocycles. The Balaban J connectivity index is 1.56. The Bertz CT molecular complexity index is 885. The van der Waals surface area contributed by atoms with Crippen molar-refractivity contribution in [3.05, 3.63) is 27.1 Å². The maximum absolute atomic E-state index is 13.0. The van der Waals surface area contributed by atoms with E-state index in [1.54, 1.807) is 17.7 Å². The molecule has 1 saturated carbocycles. The van der Waals surface area contributed by atoms with Gasteiger partial charge in [-0.3, -0.25) is 14.2 Å². The van der Waals surface area contributed by atoms with Crippen LogP contribution in [0.2, 0.25) is 0 Å². The van der Waals surface area contributed by atoms with Gasteiger partial charge in [-0.25, -0.2) is 4.98 Å². The van der Waals surface area contributed by atoms with E-state index >= 15 is 0 Å². The first-order valence-corrected chi connectivity index (χ1v) is 10.6. The van der Waals surface area contributed by atoms with E-state index in [1.165, 1.54) is 27.8 Å². The van der Waals surface area contributed by atoms with Gasteiger partial charge in [0.1, 0.15) is 11.4 Å². The first kappa shape index (κ1) is 17.7. The number of aromatic nitrogens is 2. The van der Waals surface area contributed by atoms with Crippen LogP contribution in [0.25, 0.3) is 10.2 Å². The summed E-state index contributed by atoms with van der Waals surface area (Å²) in [7, 11) is 0. The van der Waals surface area contributed by atoms with Crippen LogP contribution in [-0.2, 0) is 24.2 Å². The summed E-state index contributed by atoms with van der Waals surface area (Å²) in [6.07, 6.45) is 9.26. The Morgan fingerprint density at radius 1 is 1.31 bits per heavy atom. The number of fused-ring (bicyclic) bond motifs is 3. The monoisotopic (exact) mass is 373 g/mol. The zero-order valence-electron chi connectivity index (χ0n) is 15.6. The molecular weight excluding hydrogens is 346 g/mol. The van der Waals surface area contributed by atoms with Crippen LogP contribution in [0.3, 0.4) is 0 Å². The second-order valence-electron chi connectivity index (χ2n) is 8.15. The topological polar surface area (TPSA) is 64.0 Å². The third-order valence-corrected chi connectivity index (χ3v) is 7.22. The predicted octanol–water partition coefficient (Wildman–Crippen LogP) is 3.28.